The van der Waals surface area contributed by atoms with Crippen molar-refractivity contribution in [3.63, 3.8) is 0 Å². The van der Waals surface area contributed by atoms with Crippen LogP contribution in [0.3, 0.4) is 0 Å². The maximum absolute atomic E-state index is 13.8. The van der Waals surface area contributed by atoms with Crippen LogP contribution in [0.2, 0.25) is 0 Å². The molecule has 152 valence electrons. The van der Waals surface area contributed by atoms with Crippen molar-refractivity contribution in [2.24, 2.45) is 11.8 Å². The molecule has 4 heterocycles. The van der Waals surface area contributed by atoms with Crippen molar-refractivity contribution < 1.29 is 14.4 Å². The molecule has 3 amide bonds. The van der Waals surface area contributed by atoms with Crippen LogP contribution in [0.4, 0.5) is 11.4 Å². The van der Waals surface area contributed by atoms with Gasteiger partial charge in [-0.25, -0.2) is 4.90 Å². The fourth-order valence-corrected chi connectivity index (χ4v) is 6.57. The molecule has 3 fully saturated rings. The van der Waals surface area contributed by atoms with Gasteiger partial charge in [-0.2, -0.15) is 0 Å². The number of anilines is 2. The topological polar surface area (TPSA) is 69.7 Å². The zero-order valence-electron chi connectivity index (χ0n) is 16.4. The minimum atomic E-state index is -1.11. The molecule has 6 nitrogen and oxygen atoms in total. The summed E-state index contributed by atoms with van der Waals surface area (Å²) in [5.41, 5.74) is 2.06. The summed E-state index contributed by atoms with van der Waals surface area (Å²) in [5, 5.41) is 3.01. The summed E-state index contributed by atoms with van der Waals surface area (Å²) in [6.45, 7) is 2.70. The first kappa shape index (κ1) is 18.3. The summed E-state index contributed by atoms with van der Waals surface area (Å²) in [5.74, 6) is -1.86. The Morgan fingerprint density at radius 2 is 1.93 bits per heavy atom. The van der Waals surface area contributed by atoms with Crippen LogP contribution in [0.1, 0.15) is 24.0 Å². The van der Waals surface area contributed by atoms with Crippen LogP contribution in [-0.4, -0.2) is 35.2 Å². The largest absolute Gasteiger partial charge is 0.324 e. The number of amides is 3. The van der Waals surface area contributed by atoms with Gasteiger partial charge >= 0.3 is 0 Å². The highest BCUT2D eigenvalue weighted by Gasteiger charge is 2.74. The van der Waals surface area contributed by atoms with E-state index in [4.69, 9.17) is 0 Å². The quantitative estimate of drug-likeness (QED) is 0.656. The number of fused-ring (bicyclic) bond motifs is 7. The molecule has 7 heteroatoms. The average molecular weight is 466 g/mol. The van der Waals surface area contributed by atoms with Crippen molar-refractivity contribution >= 4 is 45.0 Å². The van der Waals surface area contributed by atoms with Gasteiger partial charge in [0.1, 0.15) is 5.54 Å². The van der Waals surface area contributed by atoms with Crippen LogP contribution in [-0.2, 0) is 19.9 Å². The fourth-order valence-electron chi connectivity index (χ4n) is 6.19. The van der Waals surface area contributed by atoms with E-state index in [1.54, 1.807) is 12.1 Å². The zero-order chi connectivity index (χ0) is 20.8. The summed E-state index contributed by atoms with van der Waals surface area (Å²) in [6, 6.07) is 13.0. The molecule has 0 aromatic heterocycles. The van der Waals surface area contributed by atoms with Crippen molar-refractivity contribution in [3.8, 4) is 0 Å². The molecule has 3 saturated heterocycles. The molecule has 0 bridgehead atoms. The van der Waals surface area contributed by atoms with Crippen molar-refractivity contribution in [2.45, 2.75) is 31.3 Å². The van der Waals surface area contributed by atoms with Crippen LogP contribution < -0.4 is 10.2 Å². The zero-order valence-corrected chi connectivity index (χ0v) is 18.0. The Labute approximate surface area is 182 Å². The Bertz CT molecular complexity index is 1150. The highest BCUT2D eigenvalue weighted by molar-refractivity contribution is 9.10. The Hall–Kier alpha value is -2.51. The molecule has 0 radical (unpaired) electrons. The number of aryl methyl sites for hydroxylation is 1. The van der Waals surface area contributed by atoms with E-state index in [0.29, 0.717) is 5.69 Å². The summed E-state index contributed by atoms with van der Waals surface area (Å²) in [6.07, 6.45) is 1.74. The number of hydrogen-bond donors (Lipinski definition) is 1. The Balaban J connectivity index is 1.57. The first-order valence-corrected chi connectivity index (χ1v) is 11.1. The molecule has 0 aliphatic carbocycles. The molecule has 0 unspecified atom stereocenters. The molecule has 0 saturated carbocycles. The van der Waals surface area contributed by atoms with Gasteiger partial charge in [0, 0.05) is 21.8 Å². The second-order valence-electron chi connectivity index (χ2n) is 8.67. The molecule has 1 N–H and O–H groups in total. The molecule has 30 heavy (non-hydrogen) atoms. The minimum Gasteiger partial charge on any atom is -0.324 e. The van der Waals surface area contributed by atoms with Crippen molar-refractivity contribution in [1.82, 2.24) is 4.90 Å². The maximum atomic E-state index is 13.8. The first-order chi connectivity index (χ1) is 14.4. The van der Waals surface area contributed by atoms with Crippen molar-refractivity contribution in [1.29, 1.82) is 0 Å². The SMILES string of the molecule is Cc1ccc2c(c1)[C@]1(C(=O)N2)[C@@H]2C(=O)N(c3cccc(Br)c3)C(=O)[C@H]2[C@H]2CCCN21. The second kappa shape index (κ2) is 6.02. The van der Waals surface area contributed by atoms with E-state index in [-0.39, 0.29) is 23.8 Å². The lowest BCUT2D eigenvalue weighted by atomic mass is 9.75. The Kier molecular flexibility index (Phi) is 3.66. The third kappa shape index (κ3) is 2.04. The molecule has 6 rings (SSSR count). The summed E-state index contributed by atoms with van der Waals surface area (Å²) >= 11 is 3.43. The van der Waals surface area contributed by atoms with Crippen LogP contribution in [0.25, 0.3) is 0 Å². The lowest BCUT2D eigenvalue weighted by Crippen LogP contribution is -2.54. The summed E-state index contributed by atoms with van der Waals surface area (Å²) < 4.78 is 0.800. The normalized spacial score (nSPS) is 32.0. The number of benzene rings is 2. The molecule has 1 spiro atoms. The third-order valence-electron chi connectivity index (χ3n) is 7.21. The lowest BCUT2D eigenvalue weighted by Gasteiger charge is -2.36. The van der Waals surface area contributed by atoms with Crippen molar-refractivity contribution in [3.05, 3.63) is 58.1 Å². The van der Waals surface area contributed by atoms with Crippen LogP contribution in [0, 0.1) is 18.8 Å². The van der Waals surface area contributed by atoms with Crippen LogP contribution >= 0.6 is 15.9 Å². The molecular formula is C23H20BrN3O3. The summed E-state index contributed by atoms with van der Waals surface area (Å²) in [4.78, 5) is 44.4. The van der Waals surface area contributed by atoms with Gasteiger partial charge in [-0.3, -0.25) is 19.3 Å². The smallest absolute Gasteiger partial charge is 0.250 e. The number of rotatable bonds is 1. The molecule has 4 aliphatic heterocycles. The van der Waals surface area contributed by atoms with E-state index in [9.17, 15) is 14.4 Å². The van der Waals surface area contributed by atoms with E-state index < -0.39 is 17.4 Å². The van der Waals surface area contributed by atoms with Crippen LogP contribution in [0.5, 0.6) is 0 Å². The number of nitrogens with one attached hydrogen (secondary N) is 1. The first-order valence-electron chi connectivity index (χ1n) is 10.3. The third-order valence-corrected chi connectivity index (χ3v) is 7.71. The van der Waals surface area contributed by atoms with Gasteiger partial charge in [-0.1, -0.05) is 39.7 Å². The average Bonchev–Trinajstić information content (AvgIpc) is 3.40. The monoisotopic (exact) mass is 465 g/mol. The molecule has 4 aliphatic rings. The van der Waals surface area contributed by atoms with E-state index in [2.05, 4.69) is 26.1 Å². The van der Waals surface area contributed by atoms with Gasteiger partial charge in [0.05, 0.1) is 17.5 Å². The molecule has 4 atom stereocenters. The molecular weight excluding hydrogens is 446 g/mol. The van der Waals surface area contributed by atoms with E-state index in [1.165, 1.54) is 4.90 Å². The Morgan fingerprint density at radius 1 is 1.10 bits per heavy atom. The van der Waals surface area contributed by atoms with Gasteiger partial charge in [0.25, 0.3) is 0 Å². The number of hydrogen-bond acceptors (Lipinski definition) is 4. The lowest BCUT2D eigenvalue weighted by molar-refractivity contribution is -0.135. The van der Waals surface area contributed by atoms with E-state index in [0.717, 1.165) is 40.7 Å². The van der Waals surface area contributed by atoms with Gasteiger partial charge in [0.15, 0.2) is 0 Å². The van der Waals surface area contributed by atoms with Gasteiger partial charge in [-0.15, -0.1) is 0 Å². The van der Waals surface area contributed by atoms with Gasteiger partial charge < -0.3 is 5.32 Å². The molecule has 2 aromatic rings. The maximum Gasteiger partial charge on any atom is 0.250 e. The predicted octanol–water partition coefficient (Wildman–Crippen LogP) is 3.19. The van der Waals surface area contributed by atoms with Gasteiger partial charge in [0.2, 0.25) is 17.7 Å². The number of carbonyl (C=O) groups is 3. The standard InChI is InChI=1S/C23H20BrN3O3/c1-12-7-8-16-15(10-12)23(22(30)25-16)19-18(17-6-3-9-26(17)23)20(28)27(21(19)29)14-5-2-4-13(24)11-14/h2,4-5,7-8,10-11,17-19H,3,6,9H2,1H3,(H,25,30)/t17-,18+,19+,23-/m1/s1. The number of nitrogens with zero attached hydrogens (tertiary/aromatic N) is 2. The second-order valence-corrected chi connectivity index (χ2v) is 9.58. The van der Waals surface area contributed by atoms with Crippen LogP contribution in [0.15, 0.2) is 46.9 Å². The highest BCUT2D eigenvalue weighted by atomic mass is 79.9. The van der Waals surface area contributed by atoms with Crippen molar-refractivity contribution in [2.75, 3.05) is 16.8 Å². The number of carbonyl (C=O) groups excluding carboxylic acids is 3. The number of imide groups is 1. The van der Waals surface area contributed by atoms with E-state index >= 15 is 0 Å². The van der Waals surface area contributed by atoms with Gasteiger partial charge in [-0.05, 0) is 50.6 Å². The molecule has 2 aromatic carbocycles. The fraction of sp³-hybridized carbons (Fsp3) is 0.348. The predicted molar refractivity (Wildman–Crippen MR) is 115 cm³/mol. The number of halogens is 1. The van der Waals surface area contributed by atoms with E-state index in [1.807, 2.05) is 37.3 Å². The summed E-state index contributed by atoms with van der Waals surface area (Å²) in [7, 11) is 0. The highest BCUT2D eigenvalue weighted by Crippen LogP contribution is 2.60. The Morgan fingerprint density at radius 3 is 2.73 bits per heavy atom. The minimum absolute atomic E-state index is 0.0965.